The Kier molecular flexibility index (Phi) is 4.39. The predicted molar refractivity (Wildman–Crippen MR) is 62.6 cm³/mol. The van der Waals surface area contributed by atoms with Crippen LogP contribution >= 0.6 is 0 Å². The second-order valence-corrected chi connectivity index (χ2v) is 5.30. The zero-order chi connectivity index (χ0) is 10.6. The lowest BCUT2D eigenvalue weighted by molar-refractivity contribution is 0.214. The average Bonchev–Trinajstić information content (AvgIpc) is 2.51. The molecule has 14 heavy (non-hydrogen) atoms. The molecule has 2 nitrogen and oxygen atoms in total. The molecule has 1 fully saturated rings. The van der Waals surface area contributed by atoms with Crippen molar-refractivity contribution in [2.45, 2.75) is 45.6 Å². The molecular weight excluding hydrogens is 172 g/mol. The normalized spacial score (nSPS) is 29.8. The van der Waals surface area contributed by atoms with E-state index in [1.807, 2.05) is 0 Å². The van der Waals surface area contributed by atoms with E-state index >= 15 is 0 Å². The molecule has 0 aromatic rings. The number of rotatable bonds is 5. The first kappa shape index (κ1) is 12.0. The molecule has 0 aromatic heterocycles. The zero-order valence-corrected chi connectivity index (χ0v) is 10.3. The zero-order valence-electron chi connectivity index (χ0n) is 10.3. The van der Waals surface area contributed by atoms with Gasteiger partial charge in [-0.2, -0.15) is 0 Å². The Hall–Kier alpha value is -0.0800. The fourth-order valence-electron chi connectivity index (χ4n) is 2.41. The molecule has 0 aliphatic carbocycles. The summed E-state index contributed by atoms with van der Waals surface area (Å²) in [5, 5.41) is 3.61. The molecule has 1 rings (SSSR count). The smallest absolute Gasteiger partial charge is 0.0280 e. The van der Waals surface area contributed by atoms with Gasteiger partial charge in [-0.25, -0.2) is 0 Å². The summed E-state index contributed by atoms with van der Waals surface area (Å²) in [6.45, 7) is 10.6. The van der Waals surface area contributed by atoms with Crippen LogP contribution in [0.1, 0.15) is 40.0 Å². The molecule has 2 atom stereocenters. The van der Waals surface area contributed by atoms with Crippen molar-refractivity contribution >= 4 is 0 Å². The molecule has 1 N–H and O–H groups in total. The first-order valence-electron chi connectivity index (χ1n) is 5.99. The Labute approximate surface area is 89.1 Å². The third-order valence-electron chi connectivity index (χ3n) is 3.40. The van der Waals surface area contributed by atoms with Crippen LogP contribution in [0.15, 0.2) is 0 Å². The third kappa shape index (κ3) is 3.58. The fourth-order valence-corrected chi connectivity index (χ4v) is 2.41. The second kappa shape index (κ2) is 5.13. The molecule has 2 unspecified atom stereocenters. The maximum atomic E-state index is 3.61. The molecule has 2 heteroatoms. The maximum absolute atomic E-state index is 3.61. The van der Waals surface area contributed by atoms with Gasteiger partial charge in [-0.3, -0.25) is 0 Å². The molecule has 1 heterocycles. The highest BCUT2D eigenvalue weighted by Gasteiger charge is 2.29. The SMILES string of the molecule is CCC(C)CN(C)CC1(C)CCCN1. The molecule has 0 bridgehead atoms. The monoisotopic (exact) mass is 198 g/mol. The predicted octanol–water partition coefficient (Wildman–Crippen LogP) is 2.11. The molecule has 1 aliphatic heterocycles. The van der Waals surface area contributed by atoms with Crippen LogP contribution in [0.25, 0.3) is 0 Å². The van der Waals surface area contributed by atoms with E-state index in [2.05, 4.69) is 38.0 Å². The highest BCUT2D eigenvalue weighted by atomic mass is 15.2. The maximum Gasteiger partial charge on any atom is 0.0280 e. The van der Waals surface area contributed by atoms with Crippen LogP contribution < -0.4 is 5.32 Å². The molecule has 1 aliphatic rings. The number of nitrogens with zero attached hydrogens (tertiary/aromatic N) is 1. The van der Waals surface area contributed by atoms with Gasteiger partial charge >= 0.3 is 0 Å². The first-order valence-corrected chi connectivity index (χ1v) is 5.99. The van der Waals surface area contributed by atoms with Crippen molar-refractivity contribution < 1.29 is 0 Å². The van der Waals surface area contributed by atoms with Crippen molar-refractivity contribution in [3.05, 3.63) is 0 Å². The summed E-state index contributed by atoms with van der Waals surface area (Å²) in [6.07, 6.45) is 3.96. The Balaban J connectivity index is 2.28. The lowest BCUT2D eigenvalue weighted by Gasteiger charge is -2.31. The van der Waals surface area contributed by atoms with Gasteiger partial charge < -0.3 is 10.2 Å². The Morgan fingerprint density at radius 1 is 1.50 bits per heavy atom. The van der Waals surface area contributed by atoms with Crippen LogP contribution in [0.5, 0.6) is 0 Å². The van der Waals surface area contributed by atoms with E-state index in [0.717, 1.165) is 5.92 Å². The average molecular weight is 198 g/mol. The lowest BCUT2D eigenvalue weighted by Crippen LogP contribution is -2.47. The first-order chi connectivity index (χ1) is 6.56. The van der Waals surface area contributed by atoms with Gasteiger partial charge in [0.25, 0.3) is 0 Å². The molecule has 1 saturated heterocycles. The van der Waals surface area contributed by atoms with Gasteiger partial charge in [0, 0.05) is 18.6 Å². The van der Waals surface area contributed by atoms with Crippen LogP contribution in [0.3, 0.4) is 0 Å². The summed E-state index contributed by atoms with van der Waals surface area (Å²) >= 11 is 0. The van der Waals surface area contributed by atoms with Crippen LogP contribution in [-0.2, 0) is 0 Å². The van der Waals surface area contributed by atoms with Crippen molar-refractivity contribution in [1.82, 2.24) is 10.2 Å². The van der Waals surface area contributed by atoms with Crippen molar-refractivity contribution in [2.24, 2.45) is 5.92 Å². The van der Waals surface area contributed by atoms with E-state index in [-0.39, 0.29) is 0 Å². The molecule has 84 valence electrons. The van der Waals surface area contributed by atoms with Crippen molar-refractivity contribution in [2.75, 3.05) is 26.7 Å². The Morgan fingerprint density at radius 2 is 2.21 bits per heavy atom. The Morgan fingerprint density at radius 3 is 2.71 bits per heavy atom. The van der Waals surface area contributed by atoms with Crippen LogP contribution in [-0.4, -0.2) is 37.1 Å². The van der Waals surface area contributed by atoms with E-state index in [0.29, 0.717) is 5.54 Å². The number of hydrogen-bond acceptors (Lipinski definition) is 2. The summed E-state index contributed by atoms with van der Waals surface area (Å²) in [5.41, 5.74) is 0.377. The van der Waals surface area contributed by atoms with Gasteiger partial charge in [0.05, 0.1) is 0 Å². The van der Waals surface area contributed by atoms with E-state index in [1.54, 1.807) is 0 Å². The van der Waals surface area contributed by atoms with Gasteiger partial charge in [0.15, 0.2) is 0 Å². The molecular formula is C12H26N2. The molecule has 0 radical (unpaired) electrons. The fraction of sp³-hybridized carbons (Fsp3) is 1.00. The van der Waals surface area contributed by atoms with Crippen molar-refractivity contribution in [1.29, 1.82) is 0 Å². The quantitative estimate of drug-likeness (QED) is 0.728. The summed E-state index contributed by atoms with van der Waals surface area (Å²) in [5.74, 6) is 0.824. The van der Waals surface area contributed by atoms with Crippen LogP contribution in [0.4, 0.5) is 0 Å². The van der Waals surface area contributed by atoms with Crippen LogP contribution in [0.2, 0.25) is 0 Å². The Bertz CT molecular complexity index is 162. The summed E-state index contributed by atoms with van der Waals surface area (Å²) in [6, 6.07) is 0. The van der Waals surface area contributed by atoms with Crippen molar-refractivity contribution in [3.63, 3.8) is 0 Å². The number of hydrogen-bond donors (Lipinski definition) is 1. The molecule has 0 aromatic carbocycles. The highest BCUT2D eigenvalue weighted by Crippen LogP contribution is 2.19. The molecule has 0 spiro atoms. The lowest BCUT2D eigenvalue weighted by atomic mass is 9.99. The second-order valence-electron chi connectivity index (χ2n) is 5.30. The van der Waals surface area contributed by atoms with Gasteiger partial charge in [0.2, 0.25) is 0 Å². The van der Waals surface area contributed by atoms with Gasteiger partial charge in [-0.1, -0.05) is 20.3 Å². The summed E-state index contributed by atoms with van der Waals surface area (Å²) in [4.78, 5) is 2.48. The minimum absolute atomic E-state index is 0.377. The summed E-state index contributed by atoms with van der Waals surface area (Å²) in [7, 11) is 2.25. The van der Waals surface area contributed by atoms with E-state index in [9.17, 15) is 0 Å². The van der Waals surface area contributed by atoms with Gasteiger partial charge in [-0.05, 0) is 39.3 Å². The standard InChI is InChI=1S/C12H26N2/c1-5-11(2)9-14(4)10-12(3)7-6-8-13-12/h11,13H,5-10H2,1-4H3. The van der Waals surface area contributed by atoms with Crippen molar-refractivity contribution in [3.8, 4) is 0 Å². The minimum Gasteiger partial charge on any atom is -0.310 e. The molecule has 0 amide bonds. The van der Waals surface area contributed by atoms with Crippen LogP contribution in [0, 0.1) is 5.92 Å². The third-order valence-corrected chi connectivity index (χ3v) is 3.40. The van der Waals surface area contributed by atoms with Gasteiger partial charge in [-0.15, -0.1) is 0 Å². The molecule has 0 saturated carbocycles. The number of nitrogens with one attached hydrogen (secondary N) is 1. The number of likely N-dealkylation sites (N-methyl/N-ethyl adjacent to an activating group) is 1. The topological polar surface area (TPSA) is 15.3 Å². The van der Waals surface area contributed by atoms with Gasteiger partial charge in [0.1, 0.15) is 0 Å². The summed E-state index contributed by atoms with van der Waals surface area (Å²) < 4.78 is 0. The van der Waals surface area contributed by atoms with E-state index in [4.69, 9.17) is 0 Å². The highest BCUT2D eigenvalue weighted by molar-refractivity contribution is 4.90. The van der Waals surface area contributed by atoms with E-state index in [1.165, 1.54) is 38.9 Å². The largest absolute Gasteiger partial charge is 0.310 e. The van der Waals surface area contributed by atoms with E-state index < -0.39 is 0 Å². The minimum atomic E-state index is 0.377.